The van der Waals surface area contributed by atoms with Crippen molar-refractivity contribution in [3.63, 3.8) is 0 Å². The molecular formula is C27H40N4O3. The number of ether oxygens (including phenoxy) is 1. The molecule has 3 unspecified atom stereocenters. The van der Waals surface area contributed by atoms with Crippen LogP contribution in [-0.2, 0) is 20.7 Å². The molecule has 3 aliphatic heterocycles. The van der Waals surface area contributed by atoms with Crippen LogP contribution in [0, 0.1) is 11.8 Å². The zero-order valence-corrected chi connectivity index (χ0v) is 20.6. The van der Waals surface area contributed by atoms with E-state index in [-0.39, 0.29) is 17.4 Å². The fourth-order valence-corrected chi connectivity index (χ4v) is 6.96. The van der Waals surface area contributed by atoms with Gasteiger partial charge in [-0.05, 0) is 95.9 Å². The van der Waals surface area contributed by atoms with E-state index in [1.165, 1.54) is 12.8 Å². The molecule has 1 aliphatic carbocycles. The topological polar surface area (TPSA) is 74.8 Å². The van der Waals surface area contributed by atoms with Crippen LogP contribution in [-0.4, -0.2) is 70.6 Å². The van der Waals surface area contributed by atoms with E-state index in [1.54, 1.807) is 6.20 Å². The number of aromatic nitrogens is 1. The highest BCUT2D eigenvalue weighted by Crippen LogP contribution is 2.45. The second-order valence-corrected chi connectivity index (χ2v) is 10.8. The average molecular weight is 469 g/mol. The van der Waals surface area contributed by atoms with Gasteiger partial charge in [0.05, 0.1) is 18.7 Å². The number of carbonyl (C=O) groups excluding carboxylic acids is 2. The summed E-state index contributed by atoms with van der Waals surface area (Å²) < 4.78 is 5.25. The summed E-state index contributed by atoms with van der Waals surface area (Å²) in [6.07, 6.45) is 12.3. The summed E-state index contributed by atoms with van der Waals surface area (Å²) in [4.78, 5) is 34.3. The number of hydrogen-bond acceptors (Lipinski definition) is 6. The van der Waals surface area contributed by atoms with Gasteiger partial charge in [0.15, 0.2) is 0 Å². The molecule has 4 fully saturated rings. The summed E-state index contributed by atoms with van der Waals surface area (Å²) in [7, 11) is 0. The number of carbonyl (C=O) groups is 2. The molecule has 0 radical (unpaired) electrons. The minimum atomic E-state index is -0.0128. The Morgan fingerprint density at radius 3 is 2.71 bits per heavy atom. The number of rotatable bonds is 7. The summed E-state index contributed by atoms with van der Waals surface area (Å²) in [5.41, 5.74) is 1.16. The summed E-state index contributed by atoms with van der Waals surface area (Å²) in [6.45, 7) is 5.48. The van der Waals surface area contributed by atoms with Crippen LogP contribution < -0.4 is 5.32 Å². The maximum absolute atomic E-state index is 13.0. The van der Waals surface area contributed by atoms with Gasteiger partial charge in [-0.25, -0.2) is 0 Å². The van der Waals surface area contributed by atoms with Crippen LogP contribution in [0.2, 0.25) is 0 Å². The van der Waals surface area contributed by atoms with Gasteiger partial charge >= 0.3 is 5.97 Å². The molecular weight excluding hydrogens is 428 g/mol. The number of nitrogens with zero attached hydrogens (tertiary/aromatic N) is 3. The van der Waals surface area contributed by atoms with E-state index in [1.807, 2.05) is 25.1 Å². The first kappa shape index (κ1) is 23.7. The largest absolute Gasteiger partial charge is 0.466 e. The van der Waals surface area contributed by atoms with Crippen LogP contribution in [0.15, 0.2) is 24.4 Å². The fraction of sp³-hybridized carbons (Fsp3) is 0.741. The molecule has 1 spiro atoms. The SMILES string of the molecule is CCOC(=O)C1CCC2(C1)CC(N1CCC([C@@H]3CCCN3C(=O)CCc3ccccn3)CC1)N2. The van der Waals surface area contributed by atoms with Crippen molar-refractivity contribution < 1.29 is 14.3 Å². The molecule has 0 aromatic carbocycles. The van der Waals surface area contributed by atoms with Gasteiger partial charge in [-0.15, -0.1) is 0 Å². The van der Waals surface area contributed by atoms with Crippen LogP contribution in [0.1, 0.15) is 70.4 Å². The zero-order valence-electron chi connectivity index (χ0n) is 20.6. The summed E-state index contributed by atoms with van der Waals surface area (Å²) in [6, 6.07) is 6.33. The predicted molar refractivity (Wildman–Crippen MR) is 130 cm³/mol. The lowest BCUT2D eigenvalue weighted by molar-refractivity contribution is -0.148. The first-order valence-electron chi connectivity index (χ1n) is 13.4. The first-order valence-corrected chi connectivity index (χ1v) is 13.4. The number of esters is 1. The van der Waals surface area contributed by atoms with Gasteiger partial charge in [0.1, 0.15) is 0 Å². The van der Waals surface area contributed by atoms with Crippen molar-refractivity contribution >= 4 is 11.9 Å². The van der Waals surface area contributed by atoms with Crippen LogP contribution in [0.25, 0.3) is 0 Å². The Kier molecular flexibility index (Phi) is 7.21. The highest BCUT2D eigenvalue weighted by Gasteiger charge is 2.52. The number of amides is 1. The average Bonchev–Trinajstić information content (AvgIpc) is 3.51. The number of aryl methyl sites for hydroxylation is 1. The third-order valence-corrected chi connectivity index (χ3v) is 8.79. The van der Waals surface area contributed by atoms with Crippen molar-refractivity contribution in [3.8, 4) is 0 Å². The molecule has 5 rings (SSSR count). The minimum absolute atomic E-state index is 0.0128. The lowest BCUT2D eigenvalue weighted by Crippen LogP contribution is -2.69. The van der Waals surface area contributed by atoms with Crippen molar-refractivity contribution in [1.82, 2.24) is 20.1 Å². The maximum atomic E-state index is 13.0. The van der Waals surface area contributed by atoms with Gasteiger partial charge in [-0.1, -0.05) is 6.07 Å². The van der Waals surface area contributed by atoms with E-state index >= 15 is 0 Å². The maximum Gasteiger partial charge on any atom is 0.308 e. The molecule has 186 valence electrons. The molecule has 34 heavy (non-hydrogen) atoms. The molecule has 1 amide bonds. The highest BCUT2D eigenvalue weighted by atomic mass is 16.5. The quantitative estimate of drug-likeness (QED) is 0.620. The summed E-state index contributed by atoms with van der Waals surface area (Å²) in [5.74, 6) is 0.977. The molecule has 4 aliphatic rings. The van der Waals surface area contributed by atoms with Crippen molar-refractivity contribution in [3.05, 3.63) is 30.1 Å². The van der Waals surface area contributed by atoms with Crippen LogP contribution >= 0.6 is 0 Å². The van der Waals surface area contributed by atoms with E-state index in [9.17, 15) is 9.59 Å². The molecule has 1 N–H and O–H groups in total. The van der Waals surface area contributed by atoms with Gasteiger partial charge in [0, 0.05) is 36.4 Å². The predicted octanol–water partition coefficient (Wildman–Crippen LogP) is 3.14. The van der Waals surface area contributed by atoms with E-state index in [0.717, 1.165) is 70.3 Å². The van der Waals surface area contributed by atoms with Crippen molar-refractivity contribution in [1.29, 1.82) is 0 Å². The number of pyridine rings is 1. The van der Waals surface area contributed by atoms with E-state index in [0.29, 0.717) is 37.1 Å². The van der Waals surface area contributed by atoms with Crippen LogP contribution in [0.4, 0.5) is 0 Å². The van der Waals surface area contributed by atoms with Gasteiger partial charge in [-0.3, -0.25) is 24.8 Å². The summed E-state index contributed by atoms with van der Waals surface area (Å²) >= 11 is 0. The monoisotopic (exact) mass is 468 g/mol. The third-order valence-electron chi connectivity index (χ3n) is 8.79. The Labute approximate surface area is 203 Å². The third kappa shape index (κ3) is 5.01. The molecule has 0 bridgehead atoms. The number of piperidine rings is 1. The zero-order chi connectivity index (χ0) is 23.5. The molecule has 7 nitrogen and oxygen atoms in total. The van der Waals surface area contributed by atoms with Crippen LogP contribution in [0.5, 0.6) is 0 Å². The normalized spacial score (nSPS) is 32.1. The van der Waals surface area contributed by atoms with Crippen molar-refractivity contribution in [2.24, 2.45) is 11.8 Å². The molecule has 3 saturated heterocycles. The second kappa shape index (κ2) is 10.3. The van der Waals surface area contributed by atoms with Gasteiger partial charge in [0.25, 0.3) is 0 Å². The first-order chi connectivity index (χ1) is 16.6. The molecule has 4 heterocycles. The molecule has 1 aromatic heterocycles. The minimum Gasteiger partial charge on any atom is -0.466 e. The molecule has 7 heteroatoms. The van der Waals surface area contributed by atoms with E-state index in [4.69, 9.17) is 4.74 Å². The summed E-state index contributed by atoms with van der Waals surface area (Å²) in [5, 5.41) is 3.84. The van der Waals surface area contributed by atoms with Crippen molar-refractivity contribution in [2.75, 3.05) is 26.2 Å². The van der Waals surface area contributed by atoms with Crippen molar-refractivity contribution in [2.45, 2.75) is 88.9 Å². The van der Waals surface area contributed by atoms with Gasteiger partial charge in [-0.2, -0.15) is 0 Å². The Bertz CT molecular complexity index is 849. The Morgan fingerprint density at radius 2 is 1.97 bits per heavy atom. The molecule has 1 aromatic rings. The van der Waals surface area contributed by atoms with E-state index < -0.39 is 0 Å². The standard InChI is InChI=1S/C27H40N4O3/c1-2-34-26(33)21-10-13-27(18-21)19-24(29-27)30-16-11-20(12-17-30)23-7-5-15-31(23)25(32)9-8-22-6-3-4-14-28-22/h3-4,6,14,20-21,23-24,29H,2,5,7-13,15-19H2,1H3/t21?,23-,24?,27?/m0/s1. The molecule has 1 saturated carbocycles. The lowest BCUT2D eigenvalue weighted by Gasteiger charge is -2.53. The van der Waals surface area contributed by atoms with Gasteiger partial charge < -0.3 is 9.64 Å². The van der Waals surface area contributed by atoms with Crippen LogP contribution in [0.3, 0.4) is 0 Å². The number of nitrogens with one attached hydrogen (secondary N) is 1. The number of hydrogen-bond donors (Lipinski definition) is 1. The highest BCUT2D eigenvalue weighted by molar-refractivity contribution is 5.77. The smallest absolute Gasteiger partial charge is 0.308 e. The lowest BCUT2D eigenvalue weighted by atomic mass is 9.80. The number of likely N-dealkylation sites (tertiary alicyclic amines) is 2. The Balaban J connectivity index is 1.06. The second-order valence-electron chi connectivity index (χ2n) is 10.8. The molecule has 4 atom stereocenters. The van der Waals surface area contributed by atoms with Gasteiger partial charge in [0.2, 0.25) is 5.91 Å². The van der Waals surface area contributed by atoms with E-state index in [2.05, 4.69) is 20.1 Å². The Morgan fingerprint density at radius 1 is 1.15 bits per heavy atom. The fourth-order valence-electron chi connectivity index (χ4n) is 6.96. The Hall–Kier alpha value is -1.99.